The van der Waals surface area contributed by atoms with Gasteiger partial charge in [0.1, 0.15) is 17.8 Å². The minimum absolute atomic E-state index is 0.168. The van der Waals surface area contributed by atoms with Crippen molar-refractivity contribution in [1.82, 2.24) is 5.32 Å². The van der Waals surface area contributed by atoms with E-state index in [0.717, 1.165) is 44.4 Å². The lowest BCUT2D eigenvalue weighted by molar-refractivity contribution is -0.124. The van der Waals surface area contributed by atoms with Gasteiger partial charge in [0.2, 0.25) is 0 Å². The lowest BCUT2D eigenvalue weighted by atomic mass is 9.65. The second-order valence-electron chi connectivity index (χ2n) is 8.06. The summed E-state index contributed by atoms with van der Waals surface area (Å²) in [6.07, 6.45) is 9.36. The van der Waals surface area contributed by atoms with Crippen LogP contribution < -0.4 is 10.1 Å². The normalized spacial score (nSPS) is 30.7. The summed E-state index contributed by atoms with van der Waals surface area (Å²) < 4.78 is 6.09. The molecule has 5 rings (SSSR count). The molecule has 1 saturated heterocycles. The number of nitrogens with one attached hydrogen (secondary N) is 1. The van der Waals surface area contributed by atoms with Gasteiger partial charge in [-0.1, -0.05) is 12.1 Å². The number of aryl methyl sites for hydroxylation is 1. The van der Waals surface area contributed by atoms with Crippen LogP contribution in [0.1, 0.15) is 56.6 Å². The molecule has 3 aliphatic carbocycles. The van der Waals surface area contributed by atoms with Crippen molar-refractivity contribution in [3.63, 3.8) is 0 Å². The molecular weight excluding hydrogens is 310 g/mol. The zero-order chi connectivity index (χ0) is 17.0. The second kappa shape index (κ2) is 5.57. The zero-order valence-electron chi connectivity index (χ0n) is 14.9. The van der Waals surface area contributed by atoms with Crippen molar-refractivity contribution < 1.29 is 9.53 Å². The Kier molecular flexibility index (Phi) is 3.43. The van der Waals surface area contributed by atoms with E-state index in [9.17, 15) is 4.79 Å². The number of rotatable bonds is 2. The highest BCUT2D eigenvalue weighted by atomic mass is 16.5. The van der Waals surface area contributed by atoms with Gasteiger partial charge >= 0.3 is 0 Å². The van der Waals surface area contributed by atoms with Gasteiger partial charge < -0.3 is 4.74 Å². The molecule has 1 aromatic rings. The molecule has 1 aliphatic heterocycles. The van der Waals surface area contributed by atoms with E-state index in [-0.39, 0.29) is 11.6 Å². The topological polar surface area (TPSA) is 38.3 Å². The summed E-state index contributed by atoms with van der Waals surface area (Å²) in [7, 11) is 0. The number of allylic oxidation sites excluding steroid dienone is 4. The van der Waals surface area contributed by atoms with Crippen LogP contribution >= 0.6 is 0 Å². The van der Waals surface area contributed by atoms with Crippen LogP contribution in [0.4, 0.5) is 0 Å². The third kappa shape index (κ3) is 2.32. The number of hydrogen-bond donors (Lipinski definition) is 1. The van der Waals surface area contributed by atoms with Crippen LogP contribution in [0, 0.1) is 5.41 Å². The van der Waals surface area contributed by atoms with E-state index in [0.29, 0.717) is 12.2 Å². The molecule has 1 unspecified atom stereocenters. The Morgan fingerprint density at radius 2 is 2.12 bits per heavy atom. The van der Waals surface area contributed by atoms with E-state index >= 15 is 0 Å². The van der Waals surface area contributed by atoms with Crippen molar-refractivity contribution in [2.75, 3.05) is 6.54 Å². The fraction of sp³-hybridized carbons (Fsp3) is 0.500. The predicted octanol–water partition coefficient (Wildman–Crippen LogP) is 4.17. The molecule has 0 saturated carbocycles. The minimum atomic E-state index is -0.215. The largest absolute Gasteiger partial charge is 0.475 e. The molecule has 4 aliphatic rings. The summed E-state index contributed by atoms with van der Waals surface area (Å²) >= 11 is 0. The summed E-state index contributed by atoms with van der Waals surface area (Å²) in [6.45, 7) is 3.21. The Morgan fingerprint density at radius 1 is 1.20 bits per heavy atom. The average molecular weight is 335 g/mol. The third-order valence-corrected chi connectivity index (χ3v) is 6.61. The van der Waals surface area contributed by atoms with Gasteiger partial charge in [-0.05, 0) is 92.0 Å². The summed E-state index contributed by atoms with van der Waals surface area (Å²) in [4.78, 5) is 12.4. The first-order valence-corrected chi connectivity index (χ1v) is 9.65. The molecule has 3 heteroatoms. The van der Waals surface area contributed by atoms with Gasteiger partial charge in [0.05, 0.1) is 5.41 Å². The first kappa shape index (κ1) is 15.4. The number of ketones is 1. The van der Waals surface area contributed by atoms with Gasteiger partial charge in [-0.2, -0.15) is 0 Å². The lowest BCUT2D eigenvalue weighted by Gasteiger charge is -2.37. The van der Waals surface area contributed by atoms with Crippen molar-refractivity contribution >= 4 is 11.4 Å². The third-order valence-electron chi connectivity index (χ3n) is 6.61. The van der Waals surface area contributed by atoms with Gasteiger partial charge in [0.15, 0.2) is 0 Å². The van der Waals surface area contributed by atoms with E-state index in [1.165, 1.54) is 34.3 Å². The molecule has 1 fully saturated rings. The van der Waals surface area contributed by atoms with Crippen LogP contribution in [0.15, 0.2) is 35.4 Å². The monoisotopic (exact) mass is 335 g/mol. The van der Waals surface area contributed by atoms with Crippen LogP contribution in [0.25, 0.3) is 5.57 Å². The molecular formula is C22H25NO2. The maximum atomic E-state index is 12.4. The van der Waals surface area contributed by atoms with Crippen molar-refractivity contribution in [3.8, 4) is 5.75 Å². The molecule has 0 spiro atoms. The van der Waals surface area contributed by atoms with Crippen molar-refractivity contribution in [2.24, 2.45) is 5.41 Å². The smallest absolute Gasteiger partial charge is 0.150 e. The minimum Gasteiger partial charge on any atom is -0.475 e. The lowest BCUT2D eigenvalue weighted by Crippen LogP contribution is -2.30. The number of benzene rings is 1. The van der Waals surface area contributed by atoms with E-state index < -0.39 is 0 Å². The average Bonchev–Trinajstić information content (AvgIpc) is 3.23. The molecule has 25 heavy (non-hydrogen) atoms. The Hall–Kier alpha value is -1.87. The summed E-state index contributed by atoms with van der Waals surface area (Å²) in [5.41, 5.74) is 6.84. The van der Waals surface area contributed by atoms with Gasteiger partial charge in [-0.25, -0.2) is 0 Å². The molecule has 1 N–H and O–H groups in total. The first-order chi connectivity index (χ1) is 12.1. The molecule has 0 amide bonds. The number of fused-ring (bicyclic) bond motifs is 4. The first-order valence-electron chi connectivity index (χ1n) is 9.65. The summed E-state index contributed by atoms with van der Waals surface area (Å²) in [5, 5.41) is 3.39. The standard InChI is InChI=1S/C22H25NO2/c1-22-11-10-17-16-7-5-15(25-21-3-2-12-23-21)13-14(16)4-6-18(17)19(22)8-9-20(22)24/h5,7-8,13,21,23H,2-4,6,9-12H2,1H3/t21?,22-/m0/s1. The van der Waals surface area contributed by atoms with Crippen LogP contribution in [-0.4, -0.2) is 18.6 Å². The van der Waals surface area contributed by atoms with Crippen LogP contribution in [0.2, 0.25) is 0 Å². The fourth-order valence-corrected chi connectivity index (χ4v) is 5.12. The van der Waals surface area contributed by atoms with Gasteiger partial charge in [-0.3, -0.25) is 10.1 Å². The molecule has 1 aromatic carbocycles. The highest BCUT2D eigenvalue weighted by Crippen LogP contribution is 2.54. The Bertz CT molecular complexity index is 813. The maximum absolute atomic E-state index is 12.4. The number of Topliss-reactive ketones (excluding diaryl/α,β-unsaturated/α-hetero) is 1. The molecule has 0 aromatic heterocycles. The molecule has 1 heterocycles. The quantitative estimate of drug-likeness (QED) is 0.881. The van der Waals surface area contributed by atoms with E-state index in [1.54, 1.807) is 0 Å². The highest BCUT2D eigenvalue weighted by Gasteiger charge is 2.45. The zero-order valence-corrected chi connectivity index (χ0v) is 14.9. The molecule has 2 atom stereocenters. The summed E-state index contributed by atoms with van der Waals surface area (Å²) in [6, 6.07) is 6.60. The summed E-state index contributed by atoms with van der Waals surface area (Å²) in [5.74, 6) is 1.39. The number of carbonyl (C=O) groups excluding carboxylic acids is 1. The number of ether oxygens (including phenoxy) is 1. The molecule has 0 bridgehead atoms. The number of carbonyl (C=O) groups is 1. The van der Waals surface area contributed by atoms with Gasteiger partial charge in [0, 0.05) is 6.42 Å². The Labute approximate surface area is 149 Å². The second-order valence-corrected chi connectivity index (χ2v) is 8.06. The van der Waals surface area contributed by atoms with Crippen molar-refractivity contribution in [3.05, 3.63) is 46.5 Å². The van der Waals surface area contributed by atoms with Gasteiger partial charge in [0.25, 0.3) is 0 Å². The van der Waals surface area contributed by atoms with Crippen molar-refractivity contribution in [1.29, 1.82) is 0 Å². The van der Waals surface area contributed by atoms with Gasteiger partial charge in [-0.15, -0.1) is 0 Å². The Morgan fingerprint density at radius 3 is 2.96 bits per heavy atom. The van der Waals surface area contributed by atoms with E-state index in [1.807, 2.05) is 0 Å². The van der Waals surface area contributed by atoms with E-state index in [2.05, 4.69) is 36.5 Å². The Balaban J connectivity index is 1.48. The molecule has 130 valence electrons. The van der Waals surface area contributed by atoms with Crippen molar-refractivity contribution in [2.45, 2.75) is 58.1 Å². The molecule has 3 nitrogen and oxygen atoms in total. The maximum Gasteiger partial charge on any atom is 0.150 e. The fourth-order valence-electron chi connectivity index (χ4n) is 5.12. The molecule has 0 radical (unpaired) electrons. The highest BCUT2D eigenvalue weighted by molar-refractivity contribution is 5.96. The van der Waals surface area contributed by atoms with Crippen LogP contribution in [0.5, 0.6) is 5.75 Å². The number of hydrogen-bond acceptors (Lipinski definition) is 3. The van der Waals surface area contributed by atoms with Crippen LogP contribution in [-0.2, 0) is 11.2 Å². The predicted molar refractivity (Wildman–Crippen MR) is 98.4 cm³/mol. The SMILES string of the molecule is C[C@]12CCC3=C(CCc4cc(OC5CCCN5)ccc43)C1=CCC2=O. The van der Waals surface area contributed by atoms with E-state index in [4.69, 9.17) is 4.74 Å². The van der Waals surface area contributed by atoms with Crippen LogP contribution in [0.3, 0.4) is 0 Å².